The number of ether oxygens (including phenoxy) is 1. The zero-order chi connectivity index (χ0) is 17.8. The SMILES string of the molecule is O=C(OCc1cc(-c2ccc(F)cc2)on1)c1cccc([N+](=O)[O-])c1. The van der Waals surface area contributed by atoms with Crippen LogP contribution in [0.15, 0.2) is 59.1 Å². The second kappa shape index (κ2) is 6.91. The molecule has 0 saturated carbocycles. The highest BCUT2D eigenvalue weighted by atomic mass is 19.1. The number of carbonyl (C=O) groups excluding carboxylic acids is 1. The van der Waals surface area contributed by atoms with Crippen LogP contribution in [-0.2, 0) is 11.3 Å². The number of carbonyl (C=O) groups is 1. The first-order valence-corrected chi connectivity index (χ1v) is 7.16. The molecule has 1 aromatic heterocycles. The Bertz CT molecular complexity index is 921. The first-order valence-electron chi connectivity index (χ1n) is 7.16. The van der Waals surface area contributed by atoms with Gasteiger partial charge in [-0.25, -0.2) is 9.18 Å². The van der Waals surface area contributed by atoms with E-state index in [9.17, 15) is 19.3 Å². The predicted molar refractivity (Wildman–Crippen MR) is 84.1 cm³/mol. The average Bonchev–Trinajstić information content (AvgIpc) is 3.09. The number of non-ortho nitro benzene ring substituents is 1. The fourth-order valence-electron chi connectivity index (χ4n) is 2.10. The Morgan fingerprint density at radius 1 is 1.20 bits per heavy atom. The van der Waals surface area contributed by atoms with Gasteiger partial charge in [-0.2, -0.15) is 0 Å². The molecular formula is C17H11FN2O5. The average molecular weight is 342 g/mol. The molecule has 126 valence electrons. The van der Waals surface area contributed by atoms with Crippen molar-refractivity contribution in [1.29, 1.82) is 0 Å². The maximum absolute atomic E-state index is 12.9. The lowest BCUT2D eigenvalue weighted by Gasteiger charge is -2.02. The number of nitrogens with zero attached hydrogens (tertiary/aromatic N) is 2. The molecule has 0 aliphatic heterocycles. The third kappa shape index (κ3) is 3.86. The molecule has 0 N–H and O–H groups in total. The summed E-state index contributed by atoms with van der Waals surface area (Å²) in [6, 6.07) is 12.5. The first kappa shape index (κ1) is 16.3. The zero-order valence-electron chi connectivity index (χ0n) is 12.7. The van der Waals surface area contributed by atoms with E-state index in [1.165, 1.54) is 42.5 Å². The van der Waals surface area contributed by atoms with Gasteiger partial charge in [-0.3, -0.25) is 10.1 Å². The van der Waals surface area contributed by atoms with Gasteiger partial charge in [0.25, 0.3) is 5.69 Å². The van der Waals surface area contributed by atoms with E-state index >= 15 is 0 Å². The van der Waals surface area contributed by atoms with Crippen molar-refractivity contribution in [3.8, 4) is 11.3 Å². The van der Waals surface area contributed by atoms with Crippen molar-refractivity contribution >= 4 is 11.7 Å². The van der Waals surface area contributed by atoms with Crippen molar-refractivity contribution in [2.45, 2.75) is 6.61 Å². The number of nitro groups is 1. The summed E-state index contributed by atoms with van der Waals surface area (Å²) in [6.45, 7) is -0.160. The predicted octanol–water partition coefficient (Wildman–Crippen LogP) is 3.75. The largest absolute Gasteiger partial charge is 0.455 e. The molecule has 0 bridgehead atoms. The summed E-state index contributed by atoms with van der Waals surface area (Å²) in [5.41, 5.74) is 0.856. The van der Waals surface area contributed by atoms with Crippen molar-refractivity contribution in [2.24, 2.45) is 0 Å². The van der Waals surface area contributed by atoms with Crippen LogP contribution in [0.25, 0.3) is 11.3 Å². The Morgan fingerprint density at radius 2 is 1.96 bits per heavy atom. The standard InChI is InChI=1S/C17H11FN2O5/c18-13-6-4-11(5-7-13)16-9-14(19-25-16)10-24-17(21)12-2-1-3-15(8-12)20(22)23/h1-9H,10H2. The van der Waals surface area contributed by atoms with Gasteiger partial charge in [0.2, 0.25) is 0 Å². The number of hydrogen-bond acceptors (Lipinski definition) is 6. The van der Waals surface area contributed by atoms with E-state index in [1.807, 2.05) is 0 Å². The van der Waals surface area contributed by atoms with Gasteiger partial charge in [0, 0.05) is 23.8 Å². The Labute approximate surface area is 140 Å². The topological polar surface area (TPSA) is 95.5 Å². The molecule has 25 heavy (non-hydrogen) atoms. The number of halogens is 1. The van der Waals surface area contributed by atoms with Crippen molar-refractivity contribution in [2.75, 3.05) is 0 Å². The number of benzene rings is 2. The molecule has 0 unspecified atom stereocenters. The van der Waals surface area contributed by atoms with Crippen LogP contribution in [0, 0.1) is 15.9 Å². The van der Waals surface area contributed by atoms with E-state index in [2.05, 4.69) is 5.16 Å². The third-order valence-corrected chi connectivity index (χ3v) is 3.33. The van der Waals surface area contributed by atoms with Crippen LogP contribution in [0.3, 0.4) is 0 Å². The number of rotatable bonds is 5. The van der Waals surface area contributed by atoms with Gasteiger partial charge in [0.1, 0.15) is 18.1 Å². The molecule has 1 heterocycles. The molecule has 3 aromatic rings. The molecule has 0 aliphatic rings. The maximum Gasteiger partial charge on any atom is 0.338 e. The van der Waals surface area contributed by atoms with Crippen LogP contribution in [0.4, 0.5) is 10.1 Å². The molecule has 0 atom stereocenters. The van der Waals surface area contributed by atoms with Gasteiger partial charge < -0.3 is 9.26 Å². The van der Waals surface area contributed by atoms with Crippen LogP contribution >= 0.6 is 0 Å². The number of esters is 1. The fraction of sp³-hybridized carbons (Fsp3) is 0.0588. The molecule has 0 amide bonds. The summed E-state index contributed by atoms with van der Waals surface area (Å²) < 4.78 is 23.1. The molecule has 0 fully saturated rings. The van der Waals surface area contributed by atoms with Gasteiger partial charge in [-0.1, -0.05) is 11.2 Å². The highest BCUT2D eigenvalue weighted by molar-refractivity contribution is 5.90. The Balaban J connectivity index is 1.66. The van der Waals surface area contributed by atoms with Gasteiger partial charge >= 0.3 is 5.97 Å². The number of nitro benzene ring substituents is 1. The van der Waals surface area contributed by atoms with Gasteiger partial charge in [-0.15, -0.1) is 0 Å². The third-order valence-electron chi connectivity index (χ3n) is 3.33. The lowest BCUT2D eigenvalue weighted by Crippen LogP contribution is -2.05. The van der Waals surface area contributed by atoms with Crippen molar-refractivity contribution in [3.63, 3.8) is 0 Å². The van der Waals surface area contributed by atoms with Crippen LogP contribution < -0.4 is 0 Å². The summed E-state index contributed by atoms with van der Waals surface area (Å²) in [7, 11) is 0. The molecule has 0 spiro atoms. The maximum atomic E-state index is 12.9. The molecule has 0 radical (unpaired) electrons. The lowest BCUT2D eigenvalue weighted by molar-refractivity contribution is -0.384. The van der Waals surface area contributed by atoms with Gasteiger partial charge in [0.05, 0.1) is 10.5 Å². The molecule has 8 heteroatoms. The summed E-state index contributed by atoms with van der Waals surface area (Å²) in [5.74, 6) is -0.675. The molecule has 2 aromatic carbocycles. The van der Waals surface area contributed by atoms with E-state index in [4.69, 9.17) is 9.26 Å². The Hall–Kier alpha value is -3.55. The van der Waals surface area contributed by atoms with E-state index in [-0.39, 0.29) is 23.7 Å². The molecule has 7 nitrogen and oxygen atoms in total. The summed E-state index contributed by atoms with van der Waals surface area (Å²) in [6.07, 6.45) is 0. The normalized spacial score (nSPS) is 10.4. The van der Waals surface area contributed by atoms with E-state index in [0.717, 1.165) is 6.07 Å². The Kier molecular flexibility index (Phi) is 4.51. The quantitative estimate of drug-likeness (QED) is 0.398. The highest BCUT2D eigenvalue weighted by Gasteiger charge is 2.14. The van der Waals surface area contributed by atoms with Crippen molar-refractivity contribution < 1.29 is 23.4 Å². The van der Waals surface area contributed by atoms with E-state index in [1.54, 1.807) is 6.07 Å². The number of aromatic nitrogens is 1. The van der Waals surface area contributed by atoms with E-state index in [0.29, 0.717) is 17.0 Å². The zero-order valence-corrected chi connectivity index (χ0v) is 12.7. The Morgan fingerprint density at radius 3 is 2.68 bits per heavy atom. The lowest BCUT2D eigenvalue weighted by atomic mass is 10.1. The van der Waals surface area contributed by atoms with Gasteiger partial charge in [0.15, 0.2) is 5.76 Å². The summed E-state index contributed by atoms with van der Waals surface area (Å²) in [5, 5.41) is 14.5. The van der Waals surface area contributed by atoms with Crippen LogP contribution in [0.5, 0.6) is 0 Å². The molecular weight excluding hydrogens is 331 g/mol. The second-order valence-electron chi connectivity index (χ2n) is 5.07. The smallest absolute Gasteiger partial charge is 0.338 e. The van der Waals surface area contributed by atoms with Crippen molar-refractivity contribution in [3.05, 3.63) is 81.8 Å². The second-order valence-corrected chi connectivity index (χ2v) is 5.07. The monoisotopic (exact) mass is 342 g/mol. The summed E-state index contributed by atoms with van der Waals surface area (Å²) in [4.78, 5) is 22.1. The minimum absolute atomic E-state index is 0.0662. The highest BCUT2D eigenvalue weighted by Crippen LogP contribution is 2.21. The molecule has 0 saturated heterocycles. The molecule has 3 rings (SSSR count). The van der Waals surface area contributed by atoms with Gasteiger partial charge in [-0.05, 0) is 30.3 Å². The van der Waals surface area contributed by atoms with E-state index < -0.39 is 10.9 Å². The minimum atomic E-state index is -0.713. The van der Waals surface area contributed by atoms with Crippen LogP contribution in [-0.4, -0.2) is 16.0 Å². The van der Waals surface area contributed by atoms with Crippen LogP contribution in [0.1, 0.15) is 16.1 Å². The number of hydrogen-bond donors (Lipinski definition) is 0. The molecule has 0 aliphatic carbocycles. The first-order chi connectivity index (χ1) is 12.0. The summed E-state index contributed by atoms with van der Waals surface area (Å²) >= 11 is 0. The minimum Gasteiger partial charge on any atom is -0.455 e. The van der Waals surface area contributed by atoms with Crippen LogP contribution in [0.2, 0.25) is 0 Å². The fourth-order valence-corrected chi connectivity index (χ4v) is 2.10. The van der Waals surface area contributed by atoms with Crippen molar-refractivity contribution in [1.82, 2.24) is 5.16 Å².